The van der Waals surface area contributed by atoms with Crippen molar-refractivity contribution < 1.29 is 9.47 Å². The highest BCUT2D eigenvalue weighted by Crippen LogP contribution is 2.32. The Morgan fingerprint density at radius 1 is 1.14 bits per heavy atom. The zero-order chi connectivity index (χ0) is 18.9. The zero-order valence-corrected chi connectivity index (χ0v) is 16.3. The molecule has 0 N–H and O–H groups in total. The van der Waals surface area contributed by atoms with Crippen molar-refractivity contribution in [2.45, 2.75) is 38.3 Å². The minimum absolute atomic E-state index is 0.0666. The van der Waals surface area contributed by atoms with E-state index in [-0.39, 0.29) is 6.10 Å². The van der Waals surface area contributed by atoms with Crippen LogP contribution in [-0.2, 0) is 6.42 Å². The Morgan fingerprint density at radius 3 is 2.93 bits per heavy atom. The summed E-state index contributed by atoms with van der Waals surface area (Å²) in [4.78, 5) is 11.9. The van der Waals surface area contributed by atoms with Gasteiger partial charge in [-0.15, -0.1) is 0 Å². The molecule has 6 heteroatoms. The molecule has 2 aliphatic rings. The molecule has 2 aromatic heterocycles. The van der Waals surface area contributed by atoms with Crippen LogP contribution < -0.4 is 9.47 Å². The van der Waals surface area contributed by atoms with Gasteiger partial charge >= 0.3 is 0 Å². The SMILES string of the molecule is CCc1nc2cccnc2n1C1CCCN(CC2COc3ccccc3O2)C1. The van der Waals surface area contributed by atoms with E-state index >= 15 is 0 Å². The van der Waals surface area contributed by atoms with Crippen molar-refractivity contribution in [3.8, 4) is 11.5 Å². The van der Waals surface area contributed by atoms with Crippen LogP contribution in [0.1, 0.15) is 31.6 Å². The third-order valence-electron chi connectivity index (χ3n) is 5.71. The van der Waals surface area contributed by atoms with E-state index in [4.69, 9.17) is 14.5 Å². The highest BCUT2D eigenvalue weighted by Gasteiger charge is 2.29. The van der Waals surface area contributed by atoms with E-state index < -0.39 is 0 Å². The predicted molar refractivity (Wildman–Crippen MR) is 108 cm³/mol. The molecule has 5 rings (SSSR count). The smallest absolute Gasteiger partial charge is 0.161 e. The van der Waals surface area contributed by atoms with Crippen molar-refractivity contribution in [1.29, 1.82) is 0 Å². The summed E-state index contributed by atoms with van der Waals surface area (Å²) in [6.45, 7) is 5.75. The molecule has 0 saturated carbocycles. The Morgan fingerprint density at radius 2 is 2.04 bits per heavy atom. The lowest BCUT2D eigenvalue weighted by Crippen LogP contribution is -2.45. The third-order valence-corrected chi connectivity index (χ3v) is 5.71. The summed E-state index contributed by atoms with van der Waals surface area (Å²) in [5.41, 5.74) is 2.01. The lowest BCUT2D eigenvalue weighted by atomic mass is 10.0. The largest absolute Gasteiger partial charge is 0.486 e. The maximum atomic E-state index is 6.18. The fourth-order valence-corrected chi connectivity index (χ4v) is 4.46. The van der Waals surface area contributed by atoms with Gasteiger partial charge in [-0.1, -0.05) is 19.1 Å². The minimum Gasteiger partial charge on any atom is -0.486 e. The van der Waals surface area contributed by atoms with Crippen molar-refractivity contribution >= 4 is 11.2 Å². The Bertz CT molecular complexity index is 970. The third kappa shape index (κ3) is 3.22. The quantitative estimate of drug-likeness (QED) is 0.696. The maximum Gasteiger partial charge on any atom is 0.161 e. The number of hydrogen-bond donors (Lipinski definition) is 0. The molecule has 2 atom stereocenters. The first-order valence-corrected chi connectivity index (χ1v) is 10.2. The summed E-state index contributed by atoms with van der Waals surface area (Å²) in [6.07, 6.45) is 5.19. The summed E-state index contributed by atoms with van der Waals surface area (Å²) >= 11 is 0. The van der Waals surface area contributed by atoms with Crippen LogP contribution in [0, 0.1) is 0 Å². The number of likely N-dealkylation sites (tertiary alicyclic amines) is 1. The molecule has 0 aliphatic carbocycles. The first-order chi connectivity index (χ1) is 13.8. The second-order valence-corrected chi connectivity index (χ2v) is 7.65. The van der Waals surface area contributed by atoms with Crippen LogP contribution in [0.4, 0.5) is 0 Å². The summed E-state index contributed by atoms with van der Waals surface area (Å²) < 4.78 is 14.4. The van der Waals surface area contributed by atoms with Gasteiger partial charge in [0.15, 0.2) is 17.1 Å². The zero-order valence-electron chi connectivity index (χ0n) is 16.3. The average Bonchev–Trinajstić information content (AvgIpc) is 3.12. The van der Waals surface area contributed by atoms with Crippen molar-refractivity contribution in [1.82, 2.24) is 19.4 Å². The maximum absolute atomic E-state index is 6.18. The van der Waals surface area contributed by atoms with E-state index in [1.807, 2.05) is 36.5 Å². The molecular weight excluding hydrogens is 352 g/mol. The number of hydrogen-bond acceptors (Lipinski definition) is 5. The van der Waals surface area contributed by atoms with Crippen LogP contribution in [0.25, 0.3) is 11.2 Å². The number of piperidine rings is 1. The molecular formula is C22H26N4O2. The molecule has 0 amide bonds. The number of ether oxygens (including phenoxy) is 2. The molecule has 1 fully saturated rings. The second kappa shape index (κ2) is 7.43. The Hall–Kier alpha value is -2.60. The molecule has 2 unspecified atom stereocenters. The summed E-state index contributed by atoms with van der Waals surface area (Å²) in [5, 5.41) is 0. The lowest BCUT2D eigenvalue weighted by molar-refractivity contribution is 0.0462. The number of benzene rings is 1. The molecule has 0 bridgehead atoms. The van der Waals surface area contributed by atoms with E-state index in [0.717, 1.165) is 61.0 Å². The van der Waals surface area contributed by atoms with Crippen molar-refractivity contribution in [3.63, 3.8) is 0 Å². The first-order valence-electron chi connectivity index (χ1n) is 10.2. The van der Waals surface area contributed by atoms with Crippen LogP contribution in [0.2, 0.25) is 0 Å². The van der Waals surface area contributed by atoms with Gasteiger partial charge in [-0.3, -0.25) is 4.90 Å². The number of pyridine rings is 1. The van der Waals surface area contributed by atoms with Crippen LogP contribution in [0.5, 0.6) is 11.5 Å². The molecule has 146 valence electrons. The normalized spacial score (nSPS) is 22.5. The van der Waals surface area contributed by atoms with E-state index in [2.05, 4.69) is 27.4 Å². The topological polar surface area (TPSA) is 52.4 Å². The Kier molecular flexibility index (Phi) is 4.64. The van der Waals surface area contributed by atoms with Gasteiger partial charge in [-0.2, -0.15) is 0 Å². The molecule has 1 aromatic carbocycles. The molecule has 1 saturated heterocycles. The number of aryl methyl sites for hydroxylation is 1. The van der Waals surface area contributed by atoms with Gasteiger partial charge in [0.2, 0.25) is 0 Å². The van der Waals surface area contributed by atoms with Crippen LogP contribution in [0.3, 0.4) is 0 Å². The Labute approximate surface area is 165 Å². The lowest BCUT2D eigenvalue weighted by Gasteiger charge is -2.37. The van der Waals surface area contributed by atoms with Crippen molar-refractivity contribution in [2.24, 2.45) is 0 Å². The predicted octanol–water partition coefficient (Wildman–Crippen LogP) is 3.47. The number of nitrogens with zero attached hydrogens (tertiary/aromatic N) is 4. The summed E-state index contributed by atoms with van der Waals surface area (Å²) in [5.74, 6) is 2.83. The van der Waals surface area contributed by atoms with Crippen LogP contribution in [-0.4, -0.2) is 51.8 Å². The highest BCUT2D eigenvalue weighted by atomic mass is 16.6. The van der Waals surface area contributed by atoms with E-state index in [1.165, 1.54) is 6.42 Å². The van der Waals surface area contributed by atoms with Gasteiger partial charge in [0.25, 0.3) is 0 Å². The van der Waals surface area contributed by atoms with Gasteiger partial charge < -0.3 is 14.0 Å². The van der Waals surface area contributed by atoms with E-state index in [0.29, 0.717) is 12.6 Å². The van der Waals surface area contributed by atoms with Gasteiger partial charge in [0, 0.05) is 31.7 Å². The van der Waals surface area contributed by atoms with E-state index in [9.17, 15) is 0 Å². The van der Waals surface area contributed by atoms with Crippen LogP contribution in [0.15, 0.2) is 42.6 Å². The second-order valence-electron chi connectivity index (χ2n) is 7.65. The number of aromatic nitrogens is 3. The minimum atomic E-state index is 0.0666. The molecule has 28 heavy (non-hydrogen) atoms. The highest BCUT2D eigenvalue weighted by molar-refractivity contribution is 5.71. The van der Waals surface area contributed by atoms with Crippen molar-refractivity contribution in [3.05, 3.63) is 48.4 Å². The van der Waals surface area contributed by atoms with Crippen LogP contribution >= 0.6 is 0 Å². The Balaban J connectivity index is 1.32. The molecule has 2 aliphatic heterocycles. The summed E-state index contributed by atoms with van der Waals surface area (Å²) in [6, 6.07) is 12.3. The first kappa shape index (κ1) is 17.5. The number of imidazole rings is 1. The van der Waals surface area contributed by atoms with Gasteiger partial charge in [-0.25, -0.2) is 9.97 Å². The standard InChI is InChI=1S/C22H26N4O2/c1-2-21-24-18-8-5-11-23-22(18)26(21)16-7-6-12-25(13-16)14-17-15-27-19-9-3-4-10-20(19)28-17/h3-5,8-11,16-17H,2,6-7,12-15H2,1H3. The molecule has 6 nitrogen and oxygen atoms in total. The number of fused-ring (bicyclic) bond motifs is 2. The molecule has 0 radical (unpaired) electrons. The summed E-state index contributed by atoms with van der Waals surface area (Å²) in [7, 11) is 0. The van der Waals surface area contributed by atoms with Gasteiger partial charge in [0.1, 0.15) is 24.1 Å². The fraction of sp³-hybridized carbons (Fsp3) is 0.455. The molecule has 0 spiro atoms. The molecule has 3 aromatic rings. The molecule has 4 heterocycles. The fourth-order valence-electron chi connectivity index (χ4n) is 4.46. The van der Waals surface area contributed by atoms with Gasteiger partial charge in [0.05, 0.1) is 0 Å². The monoisotopic (exact) mass is 378 g/mol. The number of para-hydroxylation sites is 2. The average molecular weight is 378 g/mol. The van der Waals surface area contributed by atoms with Gasteiger partial charge in [-0.05, 0) is 43.7 Å². The van der Waals surface area contributed by atoms with E-state index in [1.54, 1.807) is 0 Å². The van der Waals surface area contributed by atoms with Crippen molar-refractivity contribution in [2.75, 3.05) is 26.2 Å². The number of rotatable bonds is 4.